The Morgan fingerprint density at radius 2 is 1.62 bits per heavy atom. The van der Waals surface area contributed by atoms with E-state index in [-0.39, 0.29) is 29.9 Å². The van der Waals surface area contributed by atoms with E-state index in [0.29, 0.717) is 38.0 Å². The molecule has 208 valence electrons. The molecule has 37 heavy (non-hydrogen) atoms. The Hall–Kier alpha value is -2.52. The Bertz CT molecular complexity index is 889. The van der Waals surface area contributed by atoms with Crippen molar-refractivity contribution in [2.24, 2.45) is 11.5 Å². The molecule has 0 amide bonds. The van der Waals surface area contributed by atoms with Gasteiger partial charge < -0.3 is 46.5 Å². The number of pyridine rings is 1. The van der Waals surface area contributed by atoms with Crippen LogP contribution in [0.3, 0.4) is 0 Å². The minimum absolute atomic E-state index is 0.00103. The fraction of sp³-hybridized carbons (Fsp3) is 0.667. The molecule has 10 N–H and O–H groups in total. The van der Waals surface area contributed by atoms with E-state index < -0.39 is 37.0 Å². The van der Waals surface area contributed by atoms with Gasteiger partial charge in [-0.1, -0.05) is 11.1 Å². The van der Waals surface area contributed by atoms with Crippen molar-refractivity contribution in [3.63, 3.8) is 0 Å². The van der Waals surface area contributed by atoms with E-state index in [0.717, 1.165) is 31.8 Å². The molecule has 0 bridgehead atoms. The van der Waals surface area contributed by atoms with Gasteiger partial charge in [0.1, 0.15) is 42.6 Å². The van der Waals surface area contributed by atoms with Crippen molar-refractivity contribution >= 4 is 24.0 Å². The molecule has 0 spiro atoms. The maximum atomic E-state index is 13.0. The number of nitrogens with one attached hydrogen (secondary N) is 2. The zero-order valence-corrected chi connectivity index (χ0v) is 21.0. The van der Waals surface area contributed by atoms with Gasteiger partial charge in [0, 0.05) is 13.0 Å². The number of rotatable bonds is 18. The Labute approximate surface area is 216 Å². The van der Waals surface area contributed by atoms with Crippen LogP contribution in [0.2, 0.25) is 0 Å². The highest BCUT2D eigenvalue weighted by Crippen LogP contribution is 2.32. The van der Waals surface area contributed by atoms with E-state index in [1.165, 1.54) is 10.9 Å². The fourth-order valence-corrected chi connectivity index (χ4v) is 4.23. The molecule has 13 nitrogen and oxygen atoms in total. The van der Waals surface area contributed by atoms with Crippen molar-refractivity contribution < 1.29 is 39.5 Å². The number of hydrogen-bond donors (Lipinski definition) is 8. The van der Waals surface area contributed by atoms with Crippen molar-refractivity contribution in [2.45, 2.75) is 75.3 Å². The number of aliphatic hydroxyl groups excluding tert-OH is 4. The number of nitrogens with two attached hydrogens (primary N) is 2. The minimum atomic E-state index is -1.79. The summed E-state index contributed by atoms with van der Waals surface area (Å²) in [6, 6.07) is -1.16. The SMILES string of the molecule is NCCCC[C@@H](C=O)NN1CCC(=O)c2c(C(O)C(O)C(O)CO)c[n+](N[C@H](C=O)CCCCN)cc21. The number of Topliss-reactive ketones (excluding diaryl/α,β-unsaturated/α-hetero) is 1. The van der Waals surface area contributed by atoms with E-state index in [2.05, 4.69) is 10.9 Å². The summed E-state index contributed by atoms with van der Waals surface area (Å²) < 4.78 is 1.41. The largest absolute Gasteiger partial charge is 0.394 e. The summed E-state index contributed by atoms with van der Waals surface area (Å²) in [7, 11) is 0. The first-order chi connectivity index (χ1) is 17.8. The van der Waals surface area contributed by atoms with E-state index in [1.807, 2.05) is 0 Å². The van der Waals surface area contributed by atoms with Crippen molar-refractivity contribution in [1.82, 2.24) is 5.43 Å². The van der Waals surface area contributed by atoms with Crippen molar-refractivity contribution in [1.29, 1.82) is 0 Å². The molecule has 2 heterocycles. The van der Waals surface area contributed by atoms with Gasteiger partial charge in [-0.3, -0.25) is 4.79 Å². The number of fused-ring (bicyclic) bond motifs is 1. The third-order valence-corrected chi connectivity index (χ3v) is 6.34. The number of carbonyl (C=O) groups is 3. The number of unbranched alkanes of at least 4 members (excludes halogenated alkanes) is 2. The highest BCUT2D eigenvalue weighted by molar-refractivity contribution is 6.04. The van der Waals surface area contributed by atoms with Gasteiger partial charge in [0.25, 0.3) is 0 Å². The summed E-state index contributed by atoms with van der Waals surface area (Å²) in [4.78, 5) is 36.4. The fourth-order valence-electron chi connectivity index (χ4n) is 4.23. The average Bonchev–Trinajstić information content (AvgIpc) is 2.91. The molecule has 1 aromatic heterocycles. The topological polar surface area (TPSA) is 215 Å². The van der Waals surface area contributed by atoms with Gasteiger partial charge in [-0.15, -0.1) is 0 Å². The molecule has 3 unspecified atom stereocenters. The van der Waals surface area contributed by atoms with Gasteiger partial charge >= 0.3 is 0 Å². The van der Waals surface area contributed by atoms with E-state index in [1.54, 1.807) is 11.2 Å². The number of anilines is 1. The summed E-state index contributed by atoms with van der Waals surface area (Å²) in [6.45, 7) is 0.434. The smallest absolute Gasteiger partial charge is 0.224 e. The Morgan fingerprint density at radius 1 is 1.00 bits per heavy atom. The quantitative estimate of drug-likeness (QED) is 0.0570. The number of aromatic nitrogens is 1. The lowest BCUT2D eigenvalue weighted by atomic mass is 9.91. The van der Waals surface area contributed by atoms with Crippen LogP contribution in [0.4, 0.5) is 5.69 Å². The summed E-state index contributed by atoms with van der Waals surface area (Å²) in [5.41, 5.74) is 17.7. The van der Waals surface area contributed by atoms with E-state index in [4.69, 9.17) is 11.5 Å². The second-order valence-corrected chi connectivity index (χ2v) is 9.20. The molecule has 2 rings (SSSR count). The lowest BCUT2D eigenvalue weighted by Gasteiger charge is -2.33. The standard InChI is InChI=1S/C24H40N6O7/c25-8-3-1-5-16(13-31)27-29-11-18(23(36)24(37)21(35)15-33)22-19(12-29)30(10-7-20(22)34)28-17(14-32)6-2-4-9-26/h11-14,16-17,21,23-24,28,33,35-37H,1-10,15,25-26H2/p+1/t16-,17-,21?,23?,24?/m0/s1. The summed E-state index contributed by atoms with van der Waals surface area (Å²) in [5, 5.41) is 42.1. The molecule has 0 aliphatic carbocycles. The van der Waals surface area contributed by atoms with Gasteiger partial charge in [0.15, 0.2) is 5.78 Å². The Morgan fingerprint density at radius 3 is 2.19 bits per heavy atom. The monoisotopic (exact) mass is 525 g/mol. The van der Waals surface area contributed by atoms with Crippen LogP contribution in [0.25, 0.3) is 0 Å². The first-order valence-corrected chi connectivity index (χ1v) is 12.7. The van der Waals surface area contributed by atoms with E-state index >= 15 is 0 Å². The van der Waals surface area contributed by atoms with Crippen LogP contribution in [0.15, 0.2) is 12.4 Å². The third-order valence-electron chi connectivity index (χ3n) is 6.34. The maximum Gasteiger partial charge on any atom is 0.224 e. The van der Waals surface area contributed by atoms with Gasteiger partial charge in [-0.05, 0) is 45.2 Å². The number of aliphatic hydroxyl groups is 4. The summed E-state index contributed by atoms with van der Waals surface area (Å²) in [5.74, 6) is -0.305. The van der Waals surface area contributed by atoms with Crippen LogP contribution in [-0.4, -0.2) is 89.3 Å². The number of nitrogens with zero attached hydrogens (tertiary/aromatic N) is 2. The van der Waals surface area contributed by atoms with Gasteiger partial charge in [-0.2, -0.15) is 5.43 Å². The maximum absolute atomic E-state index is 13.0. The predicted octanol–water partition coefficient (Wildman–Crippen LogP) is -2.44. The number of hydrogen-bond acceptors (Lipinski definition) is 12. The molecule has 13 heteroatoms. The molecular weight excluding hydrogens is 484 g/mol. The second-order valence-electron chi connectivity index (χ2n) is 9.20. The Balaban J connectivity index is 2.49. The average molecular weight is 526 g/mol. The molecule has 0 saturated heterocycles. The predicted molar refractivity (Wildman–Crippen MR) is 135 cm³/mol. The molecule has 1 aliphatic rings. The lowest BCUT2D eigenvalue weighted by molar-refractivity contribution is -0.652. The van der Waals surface area contributed by atoms with Crippen LogP contribution >= 0.6 is 0 Å². The lowest BCUT2D eigenvalue weighted by Crippen LogP contribution is -2.55. The van der Waals surface area contributed by atoms with E-state index in [9.17, 15) is 34.8 Å². The summed E-state index contributed by atoms with van der Waals surface area (Å²) in [6.07, 6.45) is 3.28. The molecule has 1 aromatic rings. The highest BCUT2D eigenvalue weighted by Gasteiger charge is 2.37. The minimum Gasteiger partial charge on any atom is -0.394 e. The highest BCUT2D eigenvalue weighted by atomic mass is 16.4. The van der Waals surface area contributed by atoms with Crippen LogP contribution in [0.5, 0.6) is 0 Å². The molecule has 0 aromatic carbocycles. The second kappa shape index (κ2) is 15.7. The van der Waals surface area contributed by atoms with Gasteiger partial charge in [0.05, 0.1) is 23.8 Å². The first-order valence-electron chi connectivity index (χ1n) is 12.7. The van der Waals surface area contributed by atoms with Crippen LogP contribution < -0.4 is 32.0 Å². The first kappa shape index (κ1) is 30.7. The number of hydrazine groups is 1. The number of ketones is 1. The van der Waals surface area contributed by atoms with Crippen molar-refractivity contribution in [2.75, 3.05) is 36.7 Å². The summed E-state index contributed by atoms with van der Waals surface area (Å²) >= 11 is 0. The molecule has 0 fully saturated rings. The molecule has 0 radical (unpaired) electrons. The Kier molecular flexibility index (Phi) is 13.0. The number of aldehydes is 2. The van der Waals surface area contributed by atoms with Crippen LogP contribution in [0.1, 0.15) is 67.0 Å². The molecular formula is C24H41N6O7+. The number of carbonyl (C=O) groups excluding carboxylic acids is 3. The van der Waals surface area contributed by atoms with Crippen molar-refractivity contribution in [3.8, 4) is 0 Å². The van der Waals surface area contributed by atoms with Crippen LogP contribution in [-0.2, 0) is 9.59 Å². The molecule has 5 atom stereocenters. The zero-order valence-electron chi connectivity index (χ0n) is 21.0. The van der Waals surface area contributed by atoms with Gasteiger partial charge in [-0.25, -0.2) is 5.43 Å². The zero-order chi connectivity index (χ0) is 27.4. The normalized spacial score (nSPS) is 17.5. The third kappa shape index (κ3) is 8.50. The van der Waals surface area contributed by atoms with Crippen molar-refractivity contribution in [3.05, 3.63) is 23.5 Å². The molecule has 0 saturated carbocycles. The van der Waals surface area contributed by atoms with Gasteiger partial charge in [0.2, 0.25) is 12.4 Å². The molecule has 1 aliphatic heterocycles. The van der Waals surface area contributed by atoms with Crippen LogP contribution in [0, 0.1) is 0 Å².